The summed E-state index contributed by atoms with van der Waals surface area (Å²) in [6, 6.07) is 5.06. The molecule has 1 aromatic carbocycles. The van der Waals surface area contributed by atoms with Gasteiger partial charge in [-0.25, -0.2) is 18.4 Å². The Kier molecular flexibility index (Phi) is 4.22. The summed E-state index contributed by atoms with van der Waals surface area (Å²) in [5, 5.41) is 0. The molecular formula is C11H9Br2N3O2S. The third-order valence-electron chi connectivity index (χ3n) is 2.30. The van der Waals surface area contributed by atoms with Crippen LogP contribution in [0.5, 0.6) is 0 Å². The Morgan fingerprint density at radius 1 is 1.16 bits per heavy atom. The molecule has 0 unspecified atom stereocenters. The Hall–Kier alpha value is -0.990. The SMILES string of the molecule is Cc1ccc(Br)cc1S(=O)(=O)Nc1cnc(Br)cn1. The lowest BCUT2D eigenvalue weighted by molar-refractivity contribution is 0.600. The average molecular weight is 407 g/mol. The number of anilines is 1. The Labute approximate surface area is 127 Å². The maximum atomic E-state index is 12.2. The topological polar surface area (TPSA) is 72.0 Å². The second-order valence-corrected chi connectivity index (χ2v) is 7.12. The van der Waals surface area contributed by atoms with Crippen molar-refractivity contribution in [2.24, 2.45) is 0 Å². The number of sulfonamides is 1. The van der Waals surface area contributed by atoms with E-state index in [1.165, 1.54) is 12.4 Å². The number of rotatable bonds is 3. The van der Waals surface area contributed by atoms with Crippen LogP contribution in [0.3, 0.4) is 0 Å². The van der Waals surface area contributed by atoms with Crippen LogP contribution in [0.2, 0.25) is 0 Å². The normalized spacial score (nSPS) is 11.3. The lowest BCUT2D eigenvalue weighted by Crippen LogP contribution is -2.15. The van der Waals surface area contributed by atoms with Crippen LogP contribution in [-0.2, 0) is 10.0 Å². The minimum absolute atomic E-state index is 0.169. The second kappa shape index (κ2) is 5.56. The van der Waals surface area contributed by atoms with E-state index in [4.69, 9.17) is 0 Å². The fourth-order valence-corrected chi connectivity index (χ4v) is 3.40. The van der Waals surface area contributed by atoms with Crippen molar-refractivity contribution in [2.45, 2.75) is 11.8 Å². The Morgan fingerprint density at radius 2 is 1.89 bits per heavy atom. The number of hydrogen-bond donors (Lipinski definition) is 1. The van der Waals surface area contributed by atoms with Gasteiger partial charge in [-0.05, 0) is 40.5 Å². The molecule has 0 radical (unpaired) electrons. The summed E-state index contributed by atoms with van der Waals surface area (Å²) in [6.45, 7) is 1.73. The van der Waals surface area contributed by atoms with Crippen LogP contribution >= 0.6 is 31.9 Å². The van der Waals surface area contributed by atoms with E-state index in [-0.39, 0.29) is 10.7 Å². The summed E-state index contributed by atoms with van der Waals surface area (Å²) in [4.78, 5) is 8.05. The first-order valence-electron chi connectivity index (χ1n) is 5.15. The number of aromatic nitrogens is 2. The van der Waals surface area contributed by atoms with Crippen molar-refractivity contribution >= 4 is 47.7 Å². The minimum atomic E-state index is -3.68. The molecule has 100 valence electrons. The zero-order chi connectivity index (χ0) is 14.0. The van der Waals surface area contributed by atoms with Gasteiger partial charge < -0.3 is 0 Å². The number of nitrogens with one attached hydrogen (secondary N) is 1. The van der Waals surface area contributed by atoms with Crippen LogP contribution < -0.4 is 4.72 Å². The number of nitrogens with zero attached hydrogens (tertiary/aromatic N) is 2. The zero-order valence-corrected chi connectivity index (χ0v) is 13.8. The van der Waals surface area contributed by atoms with Gasteiger partial charge in [-0.15, -0.1) is 0 Å². The molecule has 0 aliphatic rings. The molecule has 0 bridgehead atoms. The van der Waals surface area contributed by atoms with Gasteiger partial charge in [0.05, 0.1) is 17.3 Å². The maximum absolute atomic E-state index is 12.2. The van der Waals surface area contributed by atoms with Crippen molar-refractivity contribution in [3.8, 4) is 0 Å². The molecule has 1 heterocycles. The van der Waals surface area contributed by atoms with Crippen LogP contribution in [0.25, 0.3) is 0 Å². The van der Waals surface area contributed by atoms with Crippen LogP contribution in [0.4, 0.5) is 5.82 Å². The zero-order valence-electron chi connectivity index (χ0n) is 9.76. The fraction of sp³-hybridized carbons (Fsp3) is 0.0909. The predicted molar refractivity (Wildman–Crippen MR) is 79.4 cm³/mol. The number of hydrogen-bond acceptors (Lipinski definition) is 4. The Morgan fingerprint density at radius 3 is 2.53 bits per heavy atom. The summed E-state index contributed by atoms with van der Waals surface area (Å²) in [5.41, 5.74) is 0.653. The molecule has 0 saturated carbocycles. The van der Waals surface area contributed by atoms with Crippen molar-refractivity contribution in [1.82, 2.24) is 9.97 Å². The third-order valence-corrected chi connectivity index (χ3v) is 4.70. The quantitative estimate of drug-likeness (QED) is 0.849. The number of benzene rings is 1. The van der Waals surface area contributed by atoms with Crippen LogP contribution in [0.1, 0.15) is 5.56 Å². The number of aryl methyl sites for hydroxylation is 1. The highest BCUT2D eigenvalue weighted by Gasteiger charge is 2.18. The van der Waals surface area contributed by atoms with E-state index in [0.717, 1.165) is 0 Å². The standard InChI is InChI=1S/C11H9Br2N3O2S/c1-7-2-3-8(12)4-9(7)19(17,18)16-11-6-14-10(13)5-15-11/h2-6H,1H3,(H,15,16). The summed E-state index contributed by atoms with van der Waals surface area (Å²) < 4.78 is 28.1. The summed E-state index contributed by atoms with van der Waals surface area (Å²) in [7, 11) is -3.68. The van der Waals surface area contributed by atoms with Crippen LogP contribution in [-0.4, -0.2) is 18.4 Å². The molecule has 1 N–H and O–H groups in total. The largest absolute Gasteiger partial charge is 0.263 e. The van der Waals surface area contributed by atoms with E-state index in [0.29, 0.717) is 14.6 Å². The molecule has 0 fully saturated rings. The van der Waals surface area contributed by atoms with Gasteiger partial charge in [-0.2, -0.15) is 0 Å². The van der Waals surface area contributed by atoms with E-state index < -0.39 is 10.0 Å². The van der Waals surface area contributed by atoms with E-state index in [9.17, 15) is 8.42 Å². The molecule has 8 heteroatoms. The van der Waals surface area contributed by atoms with E-state index in [1.54, 1.807) is 25.1 Å². The molecule has 0 spiro atoms. The molecule has 19 heavy (non-hydrogen) atoms. The summed E-state index contributed by atoms with van der Waals surface area (Å²) in [6.07, 6.45) is 2.76. The van der Waals surface area contributed by atoms with Crippen molar-refractivity contribution in [1.29, 1.82) is 0 Å². The van der Waals surface area contributed by atoms with Crippen molar-refractivity contribution < 1.29 is 8.42 Å². The molecule has 0 amide bonds. The molecular weight excluding hydrogens is 398 g/mol. The molecule has 0 aliphatic heterocycles. The number of halogens is 2. The summed E-state index contributed by atoms with van der Waals surface area (Å²) in [5.74, 6) is 0.169. The molecule has 2 aromatic rings. The van der Waals surface area contributed by atoms with Gasteiger partial charge in [0.1, 0.15) is 4.60 Å². The first-order chi connectivity index (χ1) is 8.88. The van der Waals surface area contributed by atoms with E-state index in [1.807, 2.05) is 0 Å². The predicted octanol–water partition coefficient (Wildman–Crippen LogP) is 3.11. The van der Waals surface area contributed by atoms with Crippen molar-refractivity contribution in [3.05, 3.63) is 45.2 Å². The first kappa shape index (κ1) is 14.4. The molecule has 0 atom stereocenters. The van der Waals surface area contributed by atoms with Gasteiger partial charge in [0.25, 0.3) is 10.0 Å². The highest BCUT2D eigenvalue weighted by Crippen LogP contribution is 2.22. The molecule has 0 aliphatic carbocycles. The van der Waals surface area contributed by atoms with E-state index in [2.05, 4.69) is 46.5 Å². The van der Waals surface area contributed by atoms with Gasteiger partial charge >= 0.3 is 0 Å². The molecule has 0 saturated heterocycles. The van der Waals surface area contributed by atoms with Gasteiger partial charge in [-0.3, -0.25) is 4.72 Å². The average Bonchev–Trinajstić information content (AvgIpc) is 2.35. The van der Waals surface area contributed by atoms with Crippen LogP contribution in [0.15, 0.2) is 44.6 Å². The lowest BCUT2D eigenvalue weighted by Gasteiger charge is -2.09. The van der Waals surface area contributed by atoms with Crippen molar-refractivity contribution in [2.75, 3.05) is 4.72 Å². The third kappa shape index (κ3) is 3.52. The monoisotopic (exact) mass is 405 g/mol. The maximum Gasteiger partial charge on any atom is 0.263 e. The Bertz CT molecular complexity index is 702. The van der Waals surface area contributed by atoms with Crippen LogP contribution in [0, 0.1) is 6.92 Å². The highest BCUT2D eigenvalue weighted by molar-refractivity contribution is 9.10. The van der Waals surface area contributed by atoms with Gasteiger partial charge in [-0.1, -0.05) is 22.0 Å². The smallest absolute Gasteiger partial charge is 0.262 e. The molecule has 1 aromatic heterocycles. The van der Waals surface area contributed by atoms with Crippen molar-refractivity contribution in [3.63, 3.8) is 0 Å². The minimum Gasteiger partial charge on any atom is -0.262 e. The van der Waals surface area contributed by atoms with Gasteiger partial charge in [0, 0.05) is 4.47 Å². The lowest BCUT2D eigenvalue weighted by atomic mass is 10.2. The highest BCUT2D eigenvalue weighted by atomic mass is 79.9. The van der Waals surface area contributed by atoms with E-state index >= 15 is 0 Å². The Balaban J connectivity index is 2.37. The van der Waals surface area contributed by atoms with Gasteiger partial charge in [0.2, 0.25) is 0 Å². The summed E-state index contributed by atoms with van der Waals surface area (Å²) >= 11 is 6.39. The fourth-order valence-electron chi connectivity index (χ4n) is 1.42. The second-order valence-electron chi connectivity index (χ2n) is 3.74. The molecule has 5 nitrogen and oxygen atoms in total. The van der Waals surface area contributed by atoms with Gasteiger partial charge in [0.15, 0.2) is 5.82 Å². The first-order valence-corrected chi connectivity index (χ1v) is 8.22. The molecule has 2 rings (SSSR count).